The number of carbonyl (C=O) groups is 2. The first-order chi connectivity index (χ1) is 10.6. The number of hydrogen-bond acceptors (Lipinski definition) is 2. The van der Waals surface area contributed by atoms with Gasteiger partial charge in [0.15, 0.2) is 0 Å². The summed E-state index contributed by atoms with van der Waals surface area (Å²) in [5.74, 6) is -0.577. The van der Waals surface area contributed by atoms with Gasteiger partial charge < -0.3 is 10.6 Å². The van der Waals surface area contributed by atoms with Crippen LogP contribution in [0, 0.1) is 11.7 Å². The van der Waals surface area contributed by atoms with Crippen molar-refractivity contribution in [2.24, 2.45) is 5.92 Å². The SMILES string of the molecule is O=C(Nc1cccc(NC(=O)C2CC2)c1)c1ccc(F)cc1. The summed E-state index contributed by atoms with van der Waals surface area (Å²) in [7, 11) is 0. The molecule has 2 N–H and O–H groups in total. The smallest absolute Gasteiger partial charge is 0.255 e. The van der Waals surface area contributed by atoms with E-state index in [4.69, 9.17) is 0 Å². The predicted octanol–water partition coefficient (Wildman–Crippen LogP) is 3.43. The lowest BCUT2D eigenvalue weighted by molar-refractivity contribution is -0.117. The average molecular weight is 298 g/mol. The van der Waals surface area contributed by atoms with Gasteiger partial charge >= 0.3 is 0 Å². The summed E-state index contributed by atoms with van der Waals surface area (Å²) in [6, 6.07) is 12.3. The zero-order chi connectivity index (χ0) is 15.5. The van der Waals surface area contributed by atoms with E-state index in [1.54, 1.807) is 24.3 Å². The standard InChI is InChI=1S/C17H15FN2O2/c18-13-8-6-12(7-9-13)17(22)20-15-3-1-2-14(10-15)19-16(21)11-4-5-11/h1-3,6-11H,4-5H2,(H,19,21)(H,20,22). The average Bonchev–Trinajstić information content (AvgIpc) is 3.33. The van der Waals surface area contributed by atoms with Crippen LogP contribution in [0.25, 0.3) is 0 Å². The number of anilines is 2. The summed E-state index contributed by atoms with van der Waals surface area (Å²) in [6.07, 6.45) is 1.87. The third-order valence-electron chi connectivity index (χ3n) is 3.44. The van der Waals surface area contributed by atoms with E-state index in [0.29, 0.717) is 16.9 Å². The highest BCUT2D eigenvalue weighted by Gasteiger charge is 2.29. The van der Waals surface area contributed by atoms with Crippen LogP contribution < -0.4 is 10.6 Å². The van der Waals surface area contributed by atoms with Crippen LogP contribution in [0.4, 0.5) is 15.8 Å². The van der Waals surface area contributed by atoms with Gasteiger partial charge in [0.1, 0.15) is 5.82 Å². The molecular weight excluding hydrogens is 283 g/mol. The number of benzene rings is 2. The highest BCUT2D eigenvalue weighted by molar-refractivity contribution is 6.04. The molecule has 1 aliphatic rings. The van der Waals surface area contributed by atoms with Crippen molar-refractivity contribution < 1.29 is 14.0 Å². The monoisotopic (exact) mass is 298 g/mol. The highest BCUT2D eigenvalue weighted by Crippen LogP contribution is 2.30. The Hall–Kier alpha value is -2.69. The molecule has 4 nitrogen and oxygen atoms in total. The number of hydrogen-bond donors (Lipinski definition) is 2. The zero-order valence-electron chi connectivity index (χ0n) is 11.8. The second-order valence-corrected chi connectivity index (χ2v) is 5.31. The largest absolute Gasteiger partial charge is 0.326 e. The number of rotatable bonds is 4. The van der Waals surface area contributed by atoms with Gasteiger partial charge in [0.05, 0.1) is 0 Å². The number of carbonyl (C=O) groups excluding carboxylic acids is 2. The van der Waals surface area contributed by atoms with Gasteiger partial charge in [0.25, 0.3) is 5.91 Å². The van der Waals surface area contributed by atoms with Crippen molar-refractivity contribution >= 4 is 23.2 Å². The summed E-state index contributed by atoms with van der Waals surface area (Å²) in [4.78, 5) is 23.8. The molecule has 0 spiro atoms. The van der Waals surface area contributed by atoms with Gasteiger partial charge in [0, 0.05) is 22.9 Å². The van der Waals surface area contributed by atoms with Gasteiger partial charge in [-0.2, -0.15) is 0 Å². The molecule has 0 atom stereocenters. The van der Waals surface area contributed by atoms with Gasteiger partial charge in [-0.05, 0) is 55.3 Å². The first-order valence-electron chi connectivity index (χ1n) is 7.10. The second-order valence-electron chi connectivity index (χ2n) is 5.31. The van der Waals surface area contributed by atoms with Crippen molar-refractivity contribution in [1.29, 1.82) is 0 Å². The summed E-state index contributed by atoms with van der Waals surface area (Å²) in [6.45, 7) is 0. The summed E-state index contributed by atoms with van der Waals surface area (Å²) in [5.41, 5.74) is 1.59. The van der Waals surface area contributed by atoms with E-state index in [0.717, 1.165) is 12.8 Å². The maximum absolute atomic E-state index is 12.8. The Morgan fingerprint density at radius 2 is 1.59 bits per heavy atom. The molecule has 112 valence electrons. The molecule has 1 fully saturated rings. The molecule has 3 rings (SSSR count). The molecule has 2 aromatic carbocycles. The topological polar surface area (TPSA) is 58.2 Å². The lowest BCUT2D eigenvalue weighted by Crippen LogP contribution is -2.14. The highest BCUT2D eigenvalue weighted by atomic mass is 19.1. The molecule has 0 aliphatic heterocycles. The van der Waals surface area contributed by atoms with E-state index in [9.17, 15) is 14.0 Å². The zero-order valence-corrected chi connectivity index (χ0v) is 11.8. The van der Waals surface area contributed by atoms with Gasteiger partial charge in [-0.25, -0.2) is 4.39 Å². The van der Waals surface area contributed by atoms with E-state index in [-0.39, 0.29) is 23.5 Å². The second kappa shape index (κ2) is 5.97. The fourth-order valence-corrected chi connectivity index (χ4v) is 2.07. The van der Waals surface area contributed by atoms with E-state index < -0.39 is 0 Å². The Labute approximate surface area is 127 Å². The number of halogens is 1. The molecule has 0 saturated heterocycles. The van der Waals surface area contributed by atoms with Gasteiger partial charge in [0.2, 0.25) is 5.91 Å². The van der Waals surface area contributed by atoms with Crippen molar-refractivity contribution in [3.63, 3.8) is 0 Å². The molecule has 5 heteroatoms. The Balaban J connectivity index is 1.67. The van der Waals surface area contributed by atoms with Crippen molar-refractivity contribution in [1.82, 2.24) is 0 Å². The lowest BCUT2D eigenvalue weighted by Gasteiger charge is -2.08. The van der Waals surface area contributed by atoms with Crippen LogP contribution in [0.2, 0.25) is 0 Å². The van der Waals surface area contributed by atoms with Crippen LogP contribution in [0.15, 0.2) is 48.5 Å². The molecule has 1 aliphatic carbocycles. The fourth-order valence-electron chi connectivity index (χ4n) is 2.07. The normalized spacial score (nSPS) is 13.5. The molecule has 2 aromatic rings. The first kappa shape index (κ1) is 14.3. The minimum atomic E-state index is -0.388. The van der Waals surface area contributed by atoms with Crippen molar-refractivity contribution in [3.05, 3.63) is 59.9 Å². The third-order valence-corrected chi connectivity index (χ3v) is 3.44. The Kier molecular flexibility index (Phi) is 3.87. The first-order valence-corrected chi connectivity index (χ1v) is 7.10. The molecule has 0 aromatic heterocycles. The number of nitrogens with one attached hydrogen (secondary N) is 2. The van der Waals surface area contributed by atoms with Crippen molar-refractivity contribution in [2.45, 2.75) is 12.8 Å². The number of amides is 2. The third kappa shape index (κ3) is 3.49. The van der Waals surface area contributed by atoms with Gasteiger partial charge in [-0.1, -0.05) is 6.07 Å². The Bertz CT molecular complexity index is 709. The van der Waals surface area contributed by atoms with Crippen LogP contribution in [0.5, 0.6) is 0 Å². The molecule has 0 bridgehead atoms. The van der Waals surface area contributed by atoms with E-state index in [2.05, 4.69) is 10.6 Å². The van der Waals surface area contributed by atoms with Gasteiger partial charge in [-0.15, -0.1) is 0 Å². The molecule has 0 radical (unpaired) electrons. The molecule has 2 amide bonds. The quantitative estimate of drug-likeness (QED) is 0.908. The minimum Gasteiger partial charge on any atom is -0.326 e. The summed E-state index contributed by atoms with van der Waals surface area (Å²) < 4.78 is 12.8. The van der Waals surface area contributed by atoms with Crippen LogP contribution in [-0.4, -0.2) is 11.8 Å². The molecular formula is C17H15FN2O2. The Morgan fingerprint density at radius 1 is 0.955 bits per heavy atom. The minimum absolute atomic E-state index is 0.0158. The van der Waals surface area contributed by atoms with E-state index in [1.807, 2.05) is 0 Å². The molecule has 1 saturated carbocycles. The maximum atomic E-state index is 12.8. The maximum Gasteiger partial charge on any atom is 0.255 e. The molecule has 0 heterocycles. The summed E-state index contributed by atoms with van der Waals surface area (Å²) in [5, 5.41) is 5.55. The van der Waals surface area contributed by atoms with Gasteiger partial charge in [-0.3, -0.25) is 9.59 Å². The van der Waals surface area contributed by atoms with E-state index >= 15 is 0 Å². The fraction of sp³-hybridized carbons (Fsp3) is 0.176. The van der Waals surface area contributed by atoms with Crippen LogP contribution >= 0.6 is 0 Å². The molecule has 22 heavy (non-hydrogen) atoms. The predicted molar refractivity (Wildman–Crippen MR) is 82.1 cm³/mol. The van der Waals surface area contributed by atoms with Crippen molar-refractivity contribution in [2.75, 3.05) is 10.6 Å². The summed E-state index contributed by atoms with van der Waals surface area (Å²) >= 11 is 0. The van der Waals surface area contributed by atoms with Crippen molar-refractivity contribution in [3.8, 4) is 0 Å². The molecule has 0 unspecified atom stereocenters. The van der Waals surface area contributed by atoms with Crippen LogP contribution in [0.3, 0.4) is 0 Å². The lowest BCUT2D eigenvalue weighted by atomic mass is 10.2. The van der Waals surface area contributed by atoms with Crippen LogP contribution in [0.1, 0.15) is 23.2 Å². The Morgan fingerprint density at radius 3 is 2.23 bits per heavy atom. The van der Waals surface area contributed by atoms with Crippen LogP contribution in [-0.2, 0) is 4.79 Å². The van der Waals surface area contributed by atoms with E-state index in [1.165, 1.54) is 24.3 Å².